The Hall–Kier alpha value is -0.610. The molecule has 0 aromatic carbocycles. The minimum absolute atomic E-state index is 0.0564. The third-order valence-electron chi connectivity index (χ3n) is 3.24. The highest BCUT2D eigenvalue weighted by molar-refractivity contribution is 5.81. The molecule has 1 saturated carbocycles. The maximum absolute atomic E-state index is 11.5. The molecule has 1 rings (SSSR count). The van der Waals surface area contributed by atoms with Gasteiger partial charge in [0.2, 0.25) is 5.91 Å². The third kappa shape index (κ3) is 6.03. The zero-order valence-electron chi connectivity index (χ0n) is 10.9. The molecule has 4 nitrogen and oxygen atoms in total. The highest BCUT2D eigenvalue weighted by Crippen LogP contribution is 2.19. The molecule has 0 spiro atoms. The first-order valence-electron chi connectivity index (χ1n) is 6.89. The average molecular weight is 242 g/mol. The molecule has 0 aliphatic heterocycles. The molecular formula is C13H26N2O2. The summed E-state index contributed by atoms with van der Waals surface area (Å²) >= 11 is 0. The van der Waals surface area contributed by atoms with Crippen molar-refractivity contribution in [3.05, 3.63) is 0 Å². The Morgan fingerprint density at radius 2 is 2.12 bits per heavy atom. The van der Waals surface area contributed by atoms with E-state index in [1.54, 1.807) is 0 Å². The van der Waals surface area contributed by atoms with Gasteiger partial charge in [-0.1, -0.05) is 32.6 Å². The van der Waals surface area contributed by atoms with Gasteiger partial charge in [-0.3, -0.25) is 4.79 Å². The standard InChI is InChI=1S/C13H26N2O2/c1-2-6-12(14)13(16)15-9-10-17-11-7-4-3-5-8-11/h11-12H,2-10,14H2,1H3,(H,15,16). The maximum Gasteiger partial charge on any atom is 0.236 e. The Morgan fingerprint density at radius 3 is 2.76 bits per heavy atom. The van der Waals surface area contributed by atoms with Crippen LogP contribution in [0.25, 0.3) is 0 Å². The zero-order valence-corrected chi connectivity index (χ0v) is 10.9. The molecular weight excluding hydrogens is 216 g/mol. The van der Waals surface area contributed by atoms with E-state index in [1.165, 1.54) is 32.1 Å². The van der Waals surface area contributed by atoms with Crippen molar-refractivity contribution in [1.29, 1.82) is 0 Å². The smallest absolute Gasteiger partial charge is 0.236 e. The summed E-state index contributed by atoms with van der Waals surface area (Å²) in [6, 6.07) is -0.366. The molecule has 4 heteroatoms. The molecule has 1 fully saturated rings. The summed E-state index contributed by atoms with van der Waals surface area (Å²) in [7, 11) is 0. The van der Waals surface area contributed by atoms with Gasteiger partial charge in [-0.15, -0.1) is 0 Å². The fourth-order valence-electron chi connectivity index (χ4n) is 2.20. The summed E-state index contributed by atoms with van der Waals surface area (Å²) in [5, 5.41) is 2.82. The van der Waals surface area contributed by atoms with Crippen LogP contribution < -0.4 is 11.1 Å². The Kier molecular flexibility index (Phi) is 7.21. The summed E-state index contributed by atoms with van der Waals surface area (Å²) in [6.07, 6.45) is 8.32. The Morgan fingerprint density at radius 1 is 1.41 bits per heavy atom. The molecule has 1 aliphatic carbocycles. The first-order valence-corrected chi connectivity index (χ1v) is 6.89. The minimum Gasteiger partial charge on any atom is -0.376 e. The fourth-order valence-corrected chi connectivity index (χ4v) is 2.20. The van der Waals surface area contributed by atoms with Crippen LogP contribution in [0.5, 0.6) is 0 Å². The molecule has 0 heterocycles. The number of amides is 1. The normalized spacial score (nSPS) is 18.9. The summed E-state index contributed by atoms with van der Waals surface area (Å²) in [5.74, 6) is -0.0564. The lowest BCUT2D eigenvalue weighted by atomic mass is 9.98. The van der Waals surface area contributed by atoms with Crippen molar-refractivity contribution in [2.45, 2.75) is 64.0 Å². The van der Waals surface area contributed by atoms with Gasteiger partial charge in [0.05, 0.1) is 18.8 Å². The van der Waals surface area contributed by atoms with Crippen molar-refractivity contribution in [2.24, 2.45) is 5.73 Å². The molecule has 100 valence electrons. The predicted octanol–water partition coefficient (Wildman–Crippen LogP) is 1.58. The SMILES string of the molecule is CCCC(N)C(=O)NCCOC1CCCCC1. The molecule has 3 N–H and O–H groups in total. The second-order valence-corrected chi connectivity index (χ2v) is 4.82. The molecule has 0 radical (unpaired) electrons. The van der Waals surface area contributed by atoms with Gasteiger partial charge >= 0.3 is 0 Å². The largest absolute Gasteiger partial charge is 0.376 e. The molecule has 1 unspecified atom stereocenters. The molecule has 0 saturated heterocycles. The molecule has 1 amide bonds. The number of ether oxygens (including phenoxy) is 1. The van der Waals surface area contributed by atoms with E-state index in [1.807, 2.05) is 6.92 Å². The zero-order chi connectivity index (χ0) is 12.5. The van der Waals surface area contributed by atoms with Gasteiger partial charge < -0.3 is 15.8 Å². The van der Waals surface area contributed by atoms with Crippen LogP contribution in [0.4, 0.5) is 0 Å². The van der Waals surface area contributed by atoms with E-state index in [4.69, 9.17) is 10.5 Å². The number of nitrogens with one attached hydrogen (secondary N) is 1. The van der Waals surface area contributed by atoms with Crippen molar-refractivity contribution >= 4 is 5.91 Å². The van der Waals surface area contributed by atoms with Gasteiger partial charge in [0.25, 0.3) is 0 Å². The van der Waals surface area contributed by atoms with Crippen LogP contribution >= 0.6 is 0 Å². The summed E-state index contributed by atoms with van der Waals surface area (Å²) in [6.45, 7) is 3.21. The lowest BCUT2D eigenvalue weighted by Crippen LogP contribution is -2.41. The van der Waals surface area contributed by atoms with Crippen LogP contribution in [0.15, 0.2) is 0 Å². The van der Waals surface area contributed by atoms with Crippen molar-refractivity contribution in [1.82, 2.24) is 5.32 Å². The highest BCUT2D eigenvalue weighted by Gasteiger charge is 2.14. The van der Waals surface area contributed by atoms with Crippen molar-refractivity contribution in [2.75, 3.05) is 13.2 Å². The van der Waals surface area contributed by atoms with Crippen molar-refractivity contribution < 1.29 is 9.53 Å². The van der Waals surface area contributed by atoms with E-state index in [2.05, 4.69) is 5.32 Å². The monoisotopic (exact) mass is 242 g/mol. The van der Waals surface area contributed by atoms with E-state index in [0.717, 1.165) is 12.8 Å². The molecule has 1 atom stereocenters. The second-order valence-electron chi connectivity index (χ2n) is 4.82. The first-order chi connectivity index (χ1) is 8.24. The summed E-state index contributed by atoms with van der Waals surface area (Å²) < 4.78 is 5.72. The van der Waals surface area contributed by atoms with E-state index >= 15 is 0 Å². The van der Waals surface area contributed by atoms with E-state index in [0.29, 0.717) is 19.3 Å². The third-order valence-corrected chi connectivity index (χ3v) is 3.24. The van der Waals surface area contributed by atoms with Gasteiger partial charge in [0.15, 0.2) is 0 Å². The lowest BCUT2D eigenvalue weighted by Gasteiger charge is -2.22. The quantitative estimate of drug-likeness (QED) is 0.666. The Labute approximate surface area is 104 Å². The highest BCUT2D eigenvalue weighted by atomic mass is 16.5. The van der Waals surface area contributed by atoms with Crippen molar-refractivity contribution in [3.63, 3.8) is 0 Å². The number of carbonyl (C=O) groups is 1. The molecule has 17 heavy (non-hydrogen) atoms. The van der Waals surface area contributed by atoms with Crippen LogP contribution in [0.2, 0.25) is 0 Å². The minimum atomic E-state index is -0.366. The number of carbonyl (C=O) groups excluding carboxylic acids is 1. The number of rotatable bonds is 7. The van der Waals surface area contributed by atoms with Gasteiger partial charge in [0.1, 0.15) is 0 Å². The Bertz CT molecular complexity index is 215. The number of hydrogen-bond acceptors (Lipinski definition) is 3. The van der Waals surface area contributed by atoms with Gasteiger partial charge in [-0.25, -0.2) is 0 Å². The van der Waals surface area contributed by atoms with Crippen LogP contribution in [-0.2, 0) is 9.53 Å². The first kappa shape index (κ1) is 14.5. The lowest BCUT2D eigenvalue weighted by molar-refractivity contribution is -0.122. The van der Waals surface area contributed by atoms with Crippen LogP contribution in [0.1, 0.15) is 51.9 Å². The summed E-state index contributed by atoms with van der Waals surface area (Å²) in [5.41, 5.74) is 5.70. The number of nitrogens with two attached hydrogens (primary N) is 1. The van der Waals surface area contributed by atoms with Crippen LogP contribution in [0.3, 0.4) is 0 Å². The van der Waals surface area contributed by atoms with Gasteiger partial charge in [0, 0.05) is 6.54 Å². The van der Waals surface area contributed by atoms with Crippen LogP contribution in [-0.4, -0.2) is 31.2 Å². The fraction of sp³-hybridized carbons (Fsp3) is 0.923. The topological polar surface area (TPSA) is 64.4 Å². The van der Waals surface area contributed by atoms with Crippen LogP contribution in [0, 0.1) is 0 Å². The van der Waals surface area contributed by atoms with Crippen molar-refractivity contribution in [3.8, 4) is 0 Å². The Balaban J connectivity index is 2.01. The predicted molar refractivity (Wildman–Crippen MR) is 68.7 cm³/mol. The maximum atomic E-state index is 11.5. The summed E-state index contributed by atoms with van der Waals surface area (Å²) in [4.78, 5) is 11.5. The second kappa shape index (κ2) is 8.48. The number of hydrogen-bond donors (Lipinski definition) is 2. The van der Waals surface area contributed by atoms with E-state index < -0.39 is 0 Å². The van der Waals surface area contributed by atoms with E-state index in [9.17, 15) is 4.79 Å². The molecule has 0 aromatic heterocycles. The van der Waals surface area contributed by atoms with Gasteiger partial charge in [-0.2, -0.15) is 0 Å². The molecule has 0 bridgehead atoms. The molecule has 1 aliphatic rings. The van der Waals surface area contributed by atoms with E-state index in [-0.39, 0.29) is 11.9 Å². The van der Waals surface area contributed by atoms with Gasteiger partial charge in [-0.05, 0) is 19.3 Å². The average Bonchev–Trinajstić information content (AvgIpc) is 2.36. The molecule has 0 aromatic rings.